The van der Waals surface area contributed by atoms with Crippen molar-refractivity contribution in [2.75, 3.05) is 6.54 Å². The molecule has 0 rings (SSSR count). The van der Waals surface area contributed by atoms with Gasteiger partial charge in [-0.25, -0.2) is 14.4 Å². The first-order valence-corrected chi connectivity index (χ1v) is 6.62. The molecule has 10 heteroatoms. The Bertz CT molecular complexity index is 412. The monoisotopic (exact) mass is 320 g/mol. The smallest absolute Gasteiger partial charge is 0.408 e. The van der Waals surface area contributed by atoms with Crippen LogP contribution >= 0.6 is 0 Å². The highest BCUT2D eigenvalue weighted by molar-refractivity contribution is 5.82. The van der Waals surface area contributed by atoms with E-state index in [2.05, 4.69) is 4.74 Å². The van der Waals surface area contributed by atoms with Gasteiger partial charge in [-0.1, -0.05) is 0 Å². The highest BCUT2D eigenvalue weighted by Crippen LogP contribution is 2.06. The fourth-order valence-electron chi connectivity index (χ4n) is 1.54. The summed E-state index contributed by atoms with van der Waals surface area (Å²) in [6.45, 7) is 0.370. The van der Waals surface area contributed by atoms with E-state index in [-0.39, 0.29) is 12.8 Å². The predicted molar refractivity (Wildman–Crippen MR) is 72.2 cm³/mol. The zero-order chi connectivity index (χ0) is 17.1. The third kappa shape index (κ3) is 8.74. The lowest BCUT2D eigenvalue weighted by atomic mass is 10.1. The van der Waals surface area contributed by atoms with Gasteiger partial charge in [-0.2, -0.15) is 0 Å². The predicted octanol–water partition coefficient (Wildman–Crippen LogP) is -0.387. The molecule has 126 valence electrons. The Kier molecular flexibility index (Phi) is 9.27. The SMILES string of the molecule is NCCCC[C@H](OC(=O)NC(CCC(=O)O)C(=O)O)C(=O)O. The van der Waals surface area contributed by atoms with Crippen molar-refractivity contribution in [2.24, 2.45) is 5.73 Å². The van der Waals surface area contributed by atoms with Crippen LogP contribution in [0, 0.1) is 0 Å². The number of alkyl carbamates (subject to hydrolysis) is 1. The molecular formula is C12H20N2O8. The average Bonchev–Trinajstić information content (AvgIpc) is 2.41. The van der Waals surface area contributed by atoms with E-state index in [1.807, 2.05) is 5.32 Å². The maximum atomic E-state index is 11.5. The molecule has 22 heavy (non-hydrogen) atoms. The number of ether oxygens (including phenoxy) is 1. The van der Waals surface area contributed by atoms with E-state index in [1.54, 1.807) is 0 Å². The fraction of sp³-hybridized carbons (Fsp3) is 0.667. The Labute approximate surface area is 126 Å². The van der Waals surface area contributed by atoms with E-state index in [1.165, 1.54) is 0 Å². The first kappa shape index (κ1) is 19.6. The van der Waals surface area contributed by atoms with Gasteiger partial charge in [-0.05, 0) is 32.2 Å². The van der Waals surface area contributed by atoms with Gasteiger partial charge in [0.05, 0.1) is 0 Å². The lowest BCUT2D eigenvalue weighted by Gasteiger charge is -2.17. The van der Waals surface area contributed by atoms with E-state index in [0.29, 0.717) is 19.4 Å². The summed E-state index contributed by atoms with van der Waals surface area (Å²) in [5.41, 5.74) is 5.27. The van der Waals surface area contributed by atoms with Crippen molar-refractivity contribution in [3.63, 3.8) is 0 Å². The summed E-state index contributed by atoms with van der Waals surface area (Å²) in [5, 5.41) is 28.2. The van der Waals surface area contributed by atoms with Crippen molar-refractivity contribution in [3.05, 3.63) is 0 Å². The molecule has 0 aliphatic heterocycles. The largest absolute Gasteiger partial charge is 0.481 e. The molecule has 0 radical (unpaired) electrons. The molecule has 0 aromatic heterocycles. The summed E-state index contributed by atoms with van der Waals surface area (Å²) in [7, 11) is 0. The quantitative estimate of drug-likeness (QED) is 0.317. The highest BCUT2D eigenvalue weighted by atomic mass is 16.6. The van der Waals surface area contributed by atoms with E-state index < -0.39 is 42.6 Å². The maximum absolute atomic E-state index is 11.5. The molecule has 2 atom stereocenters. The van der Waals surface area contributed by atoms with Gasteiger partial charge >= 0.3 is 24.0 Å². The molecule has 10 nitrogen and oxygen atoms in total. The van der Waals surface area contributed by atoms with Crippen LogP contribution in [0.3, 0.4) is 0 Å². The normalized spacial score (nSPS) is 13.0. The van der Waals surface area contributed by atoms with Crippen LogP contribution in [0.15, 0.2) is 0 Å². The Morgan fingerprint density at radius 3 is 2.09 bits per heavy atom. The second-order valence-corrected chi connectivity index (χ2v) is 4.48. The molecule has 0 aliphatic rings. The molecule has 0 spiro atoms. The van der Waals surface area contributed by atoms with Crippen LogP contribution < -0.4 is 11.1 Å². The number of carbonyl (C=O) groups is 4. The van der Waals surface area contributed by atoms with Crippen molar-refractivity contribution in [3.8, 4) is 0 Å². The van der Waals surface area contributed by atoms with Crippen LogP contribution in [0.25, 0.3) is 0 Å². The Hall–Kier alpha value is -2.36. The first-order chi connectivity index (χ1) is 10.3. The number of amides is 1. The highest BCUT2D eigenvalue weighted by Gasteiger charge is 2.26. The minimum Gasteiger partial charge on any atom is -0.481 e. The number of unbranched alkanes of at least 4 members (excludes halogenated alkanes) is 1. The summed E-state index contributed by atoms with van der Waals surface area (Å²) in [6, 6.07) is -1.47. The van der Waals surface area contributed by atoms with Crippen LogP contribution in [0.5, 0.6) is 0 Å². The minimum atomic E-state index is -1.47. The minimum absolute atomic E-state index is 0.0484. The van der Waals surface area contributed by atoms with E-state index in [0.717, 1.165) is 0 Å². The van der Waals surface area contributed by atoms with Crippen LogP contribution in [0.2, 0.25) is 0 Å². The molecule has 0 aromatic carbocycles. The van der Waals surface area contributed by atoms with Gasteiger partial charge in [-0.3, -0.25) is 4.79 Å². The molecule has 0 aliphatic carbocycles. The van der Waals surface area contributed by atoms with Crippen molar-refractivity contribution >= 4 is 24.0 Å². The molecule has 0 bridgehead atoms. The lowest BCUT2D eigenvalue weighted by molar-refractivity contribution is -0.147. The fourth-order valence-corrected chi connectivity index (χ4v) is 1.54. The third-order valence-electron chi connectivity index (χ3n) is 2.68. The van der Waals surface area contributed by atoms with Gasteiger partial charge in [0.15, 0.2) is 0 Å². The molecular weight excluding hydrogens is 300 g/mol. The van der Waals surface area contributed by atoms with Crippen LogP contribution in [-0.4, -0.2) is 58.0 Å². The van der Waals surface area contributed by atoms with Gasteiger partial charge in [0.2, 0.25) is 6.10 Å². The molecule has 0 saturated carbocycles. The number of rotatable bonds is 11. The first-order valence-electron chi connectivity index (χ1n) is 6.62. The number of carboxylic acids is 3. The summed E-state index contributed by atoms with van der Waals surface area (Å²) < 4.78 is 4.64. The molecule has 1 amide bonds. The number of hydrogen-bond donors (Lipinski definition) is 5. The zero-order valence-electron chi connectivity index (χ0n) is 11.9. The second-order valence-electron chi connectivity index (χ2n) is 4.48. The Morgan fingerprint density at radius 2 is 1.64 bits per heavy atom. The van der Waals surface area contributed by atoms with Gasteiger partial charge in [-0.15, -0.1) is 0 Å². The molecule has 1 unspecified atom stereocenters. The average molecular weight is 320 g/mol. The number of nitrogens with one attached hydrogen (secondary N) is 1. The van der Waals surface area contributed by atoms with Crippen LogP contribution in [0.1, 0.15) is 32.1 Å². The number of hydrogen-bond acceptors (Lipinski definition) is 6. The van der Waals surface area contributed by atoms with Crippen molar-refractivity contribution in [2.45, 2.75) is 44.2 Å². The van der Waals surface area contributed by atoms with E-state index in [9.17, 15) is 19.2 Å². The number of nitrogens with two attached hydrogens (primary N) is 1. The Morgan fingerprint density at radius 1 is 1.00 bits per heavy atom. The van der Waals surface area contributed by atoms with Crippen molar-refractivity contribution < 1.29 is 39.2 Å². The van der Waals surface area contributed by atoms with Crippen LogP contribution in [-0.2, 0) is 19.1 Å². The van der Waals surface area contributed by atoms with E-state index >= 15 is 0 Å². The number of aliphatic carboxylic acids is 3. The maximum Gasteiger partial charge on any atom is 0.408 e. The summed E-state index contributed by atoms with van der Waals surface area (Å²) in [5.74, 6) is -4.01. The third-order valence-corrected chi connectivity index (χ3v) is 2.68. The lowest BCUT2D eigenvalue weighted by Crippen LogP contribution is -2.43. The second kappa shape index (κ2) is 10.4. The molecule has 6 N–H and O–H groups in total. The molecule has 0 saturated heterocycles. The summed E-state index contributed by atoms with van der Waals surface area (Å²) >= 11 is 0. The van der Waals surface area contributed by atoms with Crippen LogP contribution in [0.4, 0.5) is 4.79 Å². The summed E-state index contributed by atoms with van der Waals surface area (Å²) in [6.07, 6.45) is -2.40. The van der Waals surface area contributed by atoms with Gasteiger partial charge in [0.25, 0.3) is 0 Å². The Balaban J connectivity index is 4.47. The molecule has 0 aromatic rings. The molecule has 0 fully saturated rings. The van der Waals surface area contributed by atoms with Crippen molar-refractivity contribution in [1.82, 2.24) is 5.32 Å². The standard InChI is InChI=1S/C12H20N2O8/c13-6-2-1-3-8(11(19)20)22-12(21)14-7(10(17)18)4-5-9(15)16/h7-8H,1-6,13H2,(H,14,21)(H,15,16)(H,17,18)(H,19,20)/t7?,8-/m0/s1. The topological polar surface area (TPSA) is 176 Å². The van der Waals surface area contributed by atoms with Gasteiger partial charge in [0, 0.05) is 6.42 Å². The van der Waals surface area contributed by atoms with Crippen molar-refractivity contribution in [1.29, 1.82) is 0 Å². The zero-order valence-corrected chi connectivity index (χ0v) is 11.9. The van der Waals surface area contributed by atoms with Gasteiger partial charge in [0.1, 0.15) is 6.04 Å². The van der Waals surface area contributed by atoms with Gasteiger partial charge < -0.3 is 31.1 Å². The van der Waals surface area contributed by atoms with E-state index in [4.69, 9.17) is 21.1 Å². The number of carbonyl (C=O) groups excluding carboxylic acids is 1. The summed E-state index contributed by atoms with van der Waals surface area (Å²) in [4.78, 5) is 43.7. The number of carboxylic acid groups (broad SMARTS) is 3. The molecule has 0 heterocycles.